The van der Waals surface area contributed by atoms with Crippen LogP contribution in [-0.4, -0.2) is 53.1 Å². The fraction of sp³-hybridized carbons (Fsp3) is 0.300. The Hall–Kier alpha value is -2.69. The lowest BCUT2D eigenvalue weighted by atomic mass is 10.2. The Morgan fingerprint density at radius 1 is 1.10 bits per heavy atom. The quantitative estimate of drug-likeness (QED) is 0.549. The highest BCUT2D eigenvalue weighted by Crippen LogP contribution is 2.33. The highest BCUT2D eigenvalue weighted by molar-refractivity contribution is 7.90. The minimum Gasteiger partial charge on any atom is -0.493 e. The highest BCUT2D eigenvalue weighted by atomic mass is 32.2. The number of sulfone groups is 1. The number of carbonyl (C=O) groups excluding carboxylic acids is 1. The molecule has 30 heavy (non-hydrogen) atoms. The maximum atomic E-state index is 12.9. The van der Waals surface area contributed by atoms with Crippen LogP contribution in [0, 0.1) is 0 Å². The predicted octanol–water partition coefficient (Wildman–Crippen LogP) is 2.51. The Morgan fingerprint density at radius 2 is 1.77 bits per heavy atom. The van der Waals surface area contributed by atoms with Gasteiger partial charge in [0.15, 0.2) is 26.1 Å². The zero-order chi connectivity index (χ0) is 21.9. The molecule has 3 aromatic rings. The number of aromatic nitrogens is 1. The normalized spacial score (nSPS) is 12.3. The number of methoxy groups -OCH3 is 3. The van der Waals surface area contributed by atoms with E-state index < -0.39 is 15.7 Å². The molecule has 2 aromatic carbocycles. The second kappa shape index (κ2) is 8.99. The smallest absolute Gasteiger partial charge is 0.280 e. The Bertz CT molecular complexity index is 1260. The Balaban J connectivity index is 2.22. The van der Waals surface area contributed by atoms with Crippen LogP contribution in [0.3, 0.4) is 0 Å². The number of thiazole rings is 1. The van der Waals surface area contributed by atoms with E-state index >= 15 is 0 Å². The number of hydrogen-bond donors (Lipinski definition) is 0. The predicted molar refractivity (Wildman–Crippen MR) is 114 cm³/mol. The van der Waals surface area contributed by atoms with Crippen molar-refractivity contribution in [3.8, 4) is 11.5 Å². The van der Waals surface area contributed by atoms with Crippen LogP contribution in [-0.2, 0) is 21.1 Å². The molecule has 8 nitrogen and oxygen atoms in total. The molecule has 1 aromatic heterocycles. The van der Waals surface area contributed by atoms with Gasteiger partial charge in [0.2, 0.25) is 0 Å². The lowest BCUT2D eigenvalue weighted by molar-refractivity contribution is 0.0994. The summed E-state index contributed by atoms with van der Waals surface area (Å²) in [5.41, 5.74) is 0.837. The summed E-state index contributed by atoms with van der Waals surface area (Å²) in [6.07, 6.45) is 1.07. The van der Waals surface area contributed by atoms with E-state index in [9.17, 15) is 13.2 Å². The van der Waals surface area contributed by atoms with Crippen LogP contribution in [0.25, 0.3) is 10.2 Å². The molecule has 0 fully saturated rings. The van der Waals surface area contributed by atoms with E-state index in [1.165, 1.54) is 23.5 Å². The van der Waals surface area contributed by atoms with Crippen molar-refractivity contribution in [2.75, 3.05) is 34.2 Å². The molecular weight excluding hydrogens is 428 g/mol. The summed E-state index contributed by atoms with van der Waals surface area (Å²) in [5, 5.41) is 0. The number of nitrogens with zero attached hydrogens (tertiary/aromatic N) is 2. The number of ether oxygens (including phenoxy) is 3. The second-order valence-electron chi connectivity index (χ2n) is 6.39. The molecule has 1 heterocycles. The number of rotatable bonds is 7. The van der Waals surface area contributed by atoms with Gasteiger partial charge in [-0.1, -0.05) is 23.5 Å². The van der Waals surface area contributed by atoms with E-state index in [4.69, 9.17) is 14.2 Å². The van der Waals surface area contributed by atoms with Gasteiger partial charge in [-0.3, -0.25) is 4.79 Å². The molecular formula is C20H22N2O6S2. The van der Waals surface area contributed by atoms with Gasteiger partial charge in [0, 0.05) is 32.0 Å². The van der Waals surface area contributed by atoms with Gasteiger partial charge in [0.1, 0.15) is 0 Å². The lowest BCUT2D eigenvalue weighted by Crippen LogP contribution is -2.20. The maximum absolute atomic E-state index is 12.9. The standard InChI is InChI=1S/C20H22N2O6S2/c1-26-10-9-22-14-11-15(27-2)16(28-3)12-17(14)29-20(22)21-19(23)13-7-5-6-8-18(13)30(4,24)25/h5-8,11-12H,9-10H2,1-4H3. The molecule has 0 aliphatic carbocycles. The summed E-state index contributed by atoms with van der Waals surface area (Å²) >= 11 is 1.29. The molecule has 1 amide bonds. The first-order valence-corrected chi connectivity index (χ1v) is 11.6. The van der Waals surface area contributed by atoms with Gasteiger partial charge in [-0.25, -0.2) is 8.42 Å². The van der Waals surface area contributed by atoms with E-state index in [0.717, 1.165) is 16.5 Å². The van der Waals surface area contributed by atoms with Gasteiger partial charge in [0.25, 0.3) is 5.91 Å². The molecule has 0 aliphatic rings. The highest BCUT2D eigenvalue weighted by Gasteiger charge is 2.19. The lowest BCUT2D eigenvalue weighted by Gasteiger charge is -2.09. The van der Waals surface area contributed by atoms with Crippen molar-refractivity contribution in [3.63, 3.8) is 0 Å². The Labute approximate surface area is 178 Å². The van der Waals surface area contributed by atoms with Crippen molar-refractivity contribution < 1.29 is 27.4 Å². The summed E-state index contributed by atoms with van der Waals surface area (Å²) in [7, 11) is 1.11. The summed E-state index contributed by atoms with van der Waals surface area (Å²) < 4.78 is 42.7. The van der Waals surface area contributed by atoms with Gasteiger partial charge in [-0.15, -0.1) is 0 Å². The van der Waals surface area contributed by atoms with Crippen LogP contribution in [0.4, 0.5) is 0 Å². The van der Waals surface area contributed by atoms with Gasteiger partial charge < -0.3 is 18.8 Å². The molecule has 0 spiro atoms. The second-order valence-corrected chi connectivity index (χ2v) is 9.38. The van der Waals surface area contributed by atoms with Crippen molar-refractivity contribution in [1.82, 2.24) is 4.57 Å². The maximum Gasteiger partial charge on any atom is 0.280 e. The molecule has 10 heteroatoms. The molecule has 0 saturated carbocycles. The van der Waals surface area contributed by atoms with Gasteiger partial charge in [0.05, 0.1) is 41.5 Å². The van der Waals surface area contributed by atoms with Crippen LogP contribution in [0.2, 0.25) is 0 Å². The van der Waals surface area contributed by atoms with Crippen molar-refractivity contribution in [2.45, 2.75) is 11.4 Å². The summed E-state index contributed by atoms with van der Waals surface area (Å²) in [4.78, 5) is 17.5. The molecule has 0 unspecified atom stereocenters. The van der Waals surface area contributed by atoms with Gasteiger partial charge in [-0.2, -0.15) is 4.99 Å². The number of amides is 1. The fourth-order valence-electron chi connectivity index (χ4n) is 2.99. The molecule has 0 atom stereocenters. The zero-order valence-electron chi connectivity index (χ0n) is 17.0. The van der Waals surface area contributed by atoms with E-state index in [0.29, 0.717) is 29.5 Å². The van der Waals surface area contributed by atoms with E-state index in [-0.39, 0.29) is 10.5 Å². The third-order valence-corrected chi connectivity index (χ3v) is 6.62. The number of fused-ring (bicyclic) bond motifs is 1. The molecule has 3 rings (SSSR count). The Morgan fingerprint density at radius 3 is 2.40 bits per heavy atom. The minimum absolute atomic E-state index is 0.0332. The van der Waals surface area contributed by atoms with Crippen LogP contribution in [0.5, 0.6) is 11.5 Å². The van der Waals surface area contributed by atoms with E-state index in [2.05, 4.69) is 4.99 Å². The topological polar surface area (TPSA) is 96.2 Å². The van der Waals surface area contributed by atoms with Gasteiger partial charge >= 0.3 is 0 Å². The molecule has 0 bridgehead atoms. The van der Waals surface area contributed by atoms with Crippen molar-refractivity contribution >= 4 is 37.3 Å². The van der Waals surface area contributed by atoms with Crippen LogP contribution < -0.4 is 14.3 Å². The first-order valence-electron chi connectivity index (χ1n) is 8.92. The van der Waals surface area contributed by atoms with Crippen molar-refractivity contribution in [2.24, 2.45) is 4.99 Å². The molecule has 0 saturated heterocycles. The molecule has 0 N–H and O–H groups in total. The SMILES string of the molecule is COCCn1c(=NC(=O)c2ccccc2S(C)(=O)=O)sc2cc(OC)c(OC)cc21. The van der Waals surface area contributed by atoms with Crippen LogP contribution in [0.15, 0.2) is 46.3 Å². The largest absolute Gasteiger partial charge is 0.493 e. The summed E-state index contributed by atoms with van der Waals surface area (Å²) in [6.45, 7) is 0.854. The first kappa shape index (κ1) is 22.0. The third-order valence-electron chi connectivity index (χ3n) is 4.42. The third kappa shape index (κ3) is 4.40. The van der Waals surface area contributed by atoms with Crippen LogP contribution in [0.1, 0.15) is 10.4 Å². The number of benzene rings is 2. The Kier molecular flexibility index (Phi) is 6.59. The first-order chi connectivity index (χ1) is 14.3. The zero-order valence-corrected chi connectivity index (χ0v) is 18.7. The number of hydrogen-bond acceptors (Lipinski definition) is 7. The molecule has 160 valence electrons. The molecule has 0 radical (unpaired) electrons. The van der Waals surface area contributed by atoms with E-state index in [1.807, 2.05) is 16.7 Å². The summed E-state index contributed by atoms with van der Waals surface area (Å²) in [5.74, 6) is 0.479. The average molecular weight is 451 g/mol. The van der Waals surface area contributed by atoms with E-state index in [1.54, 1.807) is 33.5 Å². The molecule has 0 aliphatic heterocycles. The van der Waals surface area contributed by atoms with Crippen LogP contribution >= 0.6 is 11.3 Å². The monoisotopic (exact) mass is 450 g/mol. The average Bonchev–Trinajstić information content (AvgIpc) is 3.06. The van der Waals surface area contributed by atoms with Crippen molar-refractivity contribution in [3.05, 3.63) is 46.8 Å². The summed E-state index contributed by atoms with van der Waals surface area (Å²) in [6, 6.07) is 9.67. The van der Waals surface area contributed by atoms with Gasteiger partial charge in [-0.05, 0) is 12.1 Å². The minimum atomic E-state index is -3.58. The fourth-order valence-corrected chi connectivity index (χ4v) is 4.94. The van der Waals surface area contributed by atoms with Crippen molar-refractivity contribution in [1.29, 1.82) is 0 Å². The number of carbonyl (C=O) groups is 1.